The summed E-state index contributed by atoms with van der Waals surface area (Å²) in [5, 5.41) is 8.24. The van der Waals surface area contributed by atoms with E-state index in [0.717, 1.165) is 16.4 Å². The third-order valence-corrected chi connectivity index (χ3v) is 2.98. The van der Waals surface area contributed by atoms with E-state index in [9.17, 15) is 4.79 Å². The molecule has 0 atom stereocenters. The minimum Gasteiger partial charge on any atom is -0.497 e. The number of thioether (sulfide) groups is 1. The van der Waals surface area contributed by atoms with E-state index in [4.69, 9.17) is 9.94 Å². The lowest BCUT2D eigenvalue weighted by Crippen LogP contribution is -2.14. The molecule has 18 heavy (non-hydrogen) atoms. The van der Waals surface area contributed by atoms with Crippen LogP contribution in [0.1, 0.15) is 0 Å². The van der Waals surface area contributed by atoms with Crippen molar-refractivity contribution in [3.63, 3.8) is 0 Å². The maximum absolute atomic E-state index is 10.6. The molecular formula is C13H15NO3S. The van der Waals surface area contributed by atoms with Crippen LogP contribution < -0.4 is 10.2 Å². The molecule has 5 heteroatoms. The second kappa shape index (κ2) is 8.38. The van der Waals surface area contributed by atoms with Gasteiger partial charge >= 0.3 is 0 Å². The van der Waals surface area contributed by atoms with Gasteiger partial charge in [0.2, 0.25) is 0 Å². The fraction of sp³-hybridized carbons (Fsp3) is 0.154. The van der Waals surface area contributed by atoms with Gasteiger partial charge in [0.15, 0.2) is 0 Å². The standard InChI is InChI=1S/C13H15NO3S/c1-17-11-6-8-12(9-7-11)18-10-4-2-3-5-13(15)14-16/h2-9,16H,10H2,1H3,(H,14,15)/b4-2+,5-3+. The van der Waals surface area contributed by atoms with Crippen LogP contribution in [0.15, 0.2) is 53.5 Å². The fourth-order valence-corrected chi connectivity index (χ4v) is 1.86. The molecular weight excluding hydrogens is 250 g/mol. The van der Waals surface area contributed by atoms with Gasteiger partial charge in [0.1, 0.15) is 5.75 Å². The summed E-state index contributed by atoms with van der Waals surface area (Å²) in [7, 11) is 1.64. The number of nitrogens with one attached hydrogen (secondary N) is 1. The van der Waals surface area contributed by atoms with Gasteiger partial charge in [0.05, 0.1) is 7.11 Å². The van der Waals surface area contributed by atoms with Crippen LogP contribution in [-0.4, -0.2) is 24.0 Å². The van der Waals surface area contributed by atoms with Crippen LogP contribution in [0.2, 0.25) is 0 Å². The molecule has 0 saturated carbocycles. The Labute approximate surface area is 110 Å². The molecule has 1 amide bonds. The molecule has 0 heterocycles. The summed E-state index contributed by atoms with van der Waals surface area (Å²) >= 11 is 1.68. The lowest BCUT2D eigenvalue weighted by Gasteiger charge is -2.01. The van der Waals surface area contributed by atoms with Crippen molar-refractivity contribution in [2.75, 3.05) is 12.9 Å². The summed E-state index contributed by atoms with van der Waals surface area (Å²) in [5.41, 5.74) is 1.52. The Balaban J connectivity index is 2.30. The van der Waals surface area contributed by atoms with Crippen molar-refractivity contribution in [3.05, 3.63) is 48.6 Å². The van der Waals surface area contributed by atoms with Crippen LogP contribution >= 0.6 is 11.8 Å². The predicted octanol–water partition coefficient (Wildman–Crippen LogP) is 2.41. The average Bonchev–Trinajstić information content (AvgIpc) is 2.43. The van der Waals surface area contributed by atoms with E-state index in [1.54, 1.807) is 31.0 Å². The summed E-state index contributed by atoms with van der Waals surface area (Å²) in [5.74, 6) is 1.10. The lowest BCUT2D eigenvalue weighted by molar-refractivity contribution is -0.124. The van der Waals surface area contributed by atoms with Crippen LogP contribution in [0, 0.1) is 0 Å². The van der Waals surface area contributed by atoms with Crippen LogP contribution in [-0.2, 0) is 4.79 Å². The van der Waals surface area contributed by atoms with E-state index < -0.39 is 5.91 Å². The highest BCUT2D eigenvalue weighted by Crippen LogP contribution is 2.21. The van der Waals surface area contributed by atoms with Crippen molar-refractivity contribution in [2.45, 2.75) is 4.90 Å². The first-order valence-corrected chi connectivity index (χ1v) is 6.29. The van der Waals surface area contributed by atoms with E-state index in [1.165, 1.54) is 11.6 Å². The third-order valence-electron chi connectivity index (χ3n) is 2.01. The van der Waals surface area contributed by atoms with Crippen LogP contribution in [0.4, 0.5) is 0 Å². The van der Waals surface area contributed by atoms with Gasteiger partial charge in [-0.25, -0.2) is 5.48 Å². The highest BCUT2D eigenvalue weighted by molar-refractivity contribution is 7.99. The summed E-state index contributed by atoms with van der Waals surface area (Å²) < 4.78 is 5.07. The maximum atomic E-state index is 10.6. The Kier molecular flexibility index (Phi) is 6.68. The molecule has 1 rings (SSSR count). The number of carbonyl (C=O) groups excluding carboxylic acids is 1. The van der Waals surface area contributed by atoms with Gasteiger partial charge < -0.3 is 4.74 Å². The summed E-state index contributed by atoms with van der Waals surface area (Å²) in [4.78, 5) is 11.8. The molecule has 2 N–H and O–H groups in total. The van der Waals surface area contributed by atoms with E-state index in [2.05, 4.69) is 0 Å². The minimum atomic E-state index is -0.539. The second-order valence-corrected chi connectivity index (χ2v) is 4.34. The predicted molar refractivity (Wildman–Crippen MR) is 71.9 cm³/mol. The van der Waals surface area contributed by atoms with E-state index >= 15 is 0 Å². The summed E-state index contributed by atoms with van der Waals surface area (Å²) in [6.45, 7) is 0. The highest BCUT2D eigenvalue weighted by atomic mass is 32.2. The zero-order valence-electron chi connectivity index (χ0n) is 10.00. The van der Waals surface area contributed by atoms with Crippen LogP contribution in [0.25, 0.3) is 0 Å². The largest absolute Gasteiger partial charge is 0.497 e. The number of amides is 1. The maximum Gasteiger partial charge on any atom is 0.267 e. The number of hydrogen-bond acceptors (Lipinski definition) is 4. The number of allylic oxidation sites excluding steroid dienone is 2. The topological polar surface area (TPSA) is 58.6 Å². The number of hydrogen-bond donors (Lipinski definition) is 2. The lowest BCUT2D eigenvalue weighted by atomic mass is 10.3. The number of rotatable bonds is 6. The van der Waals surface area contributed by atoms with Gasteiger partial charge in [-0.15, -0.1) is 11.8 Å². The van der Waals surface area contributed by atoms with Crippen molar-refractivity contribution in [2.24, 2.45) is 0 Å². The summed E-state index contributed by atoms with van der Waals surface area (Å²) in [6, 6.07) is 7.81. The van der Waals surface area contributed by atoms with Crippen molar-refractivity contribution in [1.82, 2.24) is 5.48 Å². The first-order valence-electron chi connectivity index (χ1n) is 5.30. The molecule has 0 radical (unpaired) electrons. The fourth-order valence-electron chi connectivity index (χ4n) is 1.13. The molecule has 1 aromatic carbocycles. The van der Waals surface area contributed by atoms with E-state index in [-0.39, 0.29) is 0 Å². The Morgan fingerprint density at radius 3 is 2.72 bits per heavy atom. The quantitative estimate of drug-likeness (QED) is 0.273. The molecule has 0 aromatic heterocycles. The number of hydroxylamine groups is 1. The Hall–Kier alpha value is -1.72. The molecule has 0 unspecified atom stereocenters. The van der Waals surface area contributed by atoms with Crippen molar-refractivity contribution in [1.29, 1.82) is 0 Å². The number of ether oxygens (including phenoxy) is 1. The SMILES string of the molecule is COc1ccc(SC/C=C/C=C/C(=O)NO)cc1. The van der Waals surface area contributed by atoms with Gasteiger partial charge in [-0.05, 0) is 24.3 Å². The van der Waals surface area contributed by atoms with Crippen molar-refractivity contribution >= 4 is 17.7 Å². The molecule has 0 aliphatic rings. The first kappa shape index (κ1) is 14.3. The van der Waals surface area contributed by atoms with Gasteiger partial charge in [-0.1, -0.05) is 18.2 Å². The van der Waals surface area contributed by atoms with Crippen LogP contribution in [0.5, 0.6) is 5.75 Å². The molecule has 96 valence electrons. The van der Waals surface area contributed by atoms with Gasteiger partial charge in [0.25, 0.3) is 5.91 Å². The molecule has 0 aliphatic heterocycles. The zero-order chi connectivity index (χ0) is 13.2. The monoisotopic (exact) mass is 265 g/mol. The first-order chi connectivity index (χ1) is 8.76. The third kappa shape index (κ3) is 5.56. The molecule has 4 nitrogen and oxygen atoms in total. The van der Waals surface area contributed by atoms with E-state index in [1.807, 2.05) is 30.3 Å². The number of benzene rings is 1. The second-order valence-electron chi connectivity index (χ2n) is 3.25. The normalized spacial score (nSPS) is 11.0. The number of methoxy groups -OCH3 is 1. The Morgan fingerprint density at radius 2 is 2.11 bits per heavy atom. The highest BCUT2D eigenvalue weighted by Gasteiger charge is 1.93. The number of carbonyl (C=O) groups is 1. The Morgan fingerprint density at radius 1 is 1.39 bits per heavy atom. The summed E-state index contributed by atoms with van der Waals surface area (Å²) in [6.07, 6.45) is 6.50. The molecule has 0 fully saturated rings. The molecule has 0 spiro atoms. The minimum absolute atomic E-state index is 0.539. The van der Waals surface area contributed by atoms with Crippen molar-refractivity contribution in [3.8, 4) is 5.75 Å². The van der Waals surface area contributed by atoms with Gasteiger partial charge in [-0.2, -0.15) is 0 Å². The van der Waals surface area contributed by atoms with Gasteiger partial charge in [0, 0.05) is 16.7 Å². The zero-order valence-corrected chi connectivity index (χ0v) is 10.8. The van der Waals surface area contributed by atoms with Crippen LogP contribution in [0.3, 0.4) is 0 Å². The molecule has 0 saturated heterocycles. The molecule has 1 aromatic rings. The average molecular weight is 265 g/mol. The Bertz CT molecular complexity index is 426. The van der Waals surface area contributed by atoms with Gasteiger partial charge in [-0.3, -0.25) is 10.0 Å². The van der Waals surface area contributed by atoms with Crippen molar-refractivity contribution < 1.29 is 14.7 Å². The molecule has 0 bridgehead atoms. The van der Waals surface area contributed by atoms with E-state index in [0.29, 0.717) is 0 Å². The smallest absolute Gasteiger partial charge is 0.267 e. The molecule has 0 aliphatic carbocycles.